The number of hydrogen-bond donors (Lipinski definition) is 0. The van der Waals surface area contributed by atoms with Crippen LogP contribution < -0.4 is 4.90 Å². The van der Waals surface area contributed by atoms with E-state index in [-0.39, 0.29) is 0 Å². The lowest BCUT2D eigenvalue weighted by molar-refractivity contribution is -0.137. The minimum Gasteiger partial charge on any atom is -0.367 e. The molecule has 0 N–H and O–H groups in total. The molecule has 114 valence electrons. The van der Waals surface area contributed by atoms with Crippen LogP contribution in [0.5, 0.6) is 0 Å². The number of hydrogen-bond acceptors (Lipinski definition) is 3. The highest BCUT2D eigenvalue weighted by atomic mass is 19.4. The fourth-order valence-corrected chi connectivity index (χ4v) is 2.75. The van der Waals surface area contributed by atoms with Crippen molar-refractivity contribution in [1.29, 1.82) is 0 Å². The van der Waals surface area contributed by atoms with Gasteiger partial charge < -0.3 is 4.90 Å². The first-order chi connectivity index (χ1) is 10.5. The molecule has 1 aliphatic rings. The smallest absolute Gasteiger partial charge is 0.367 e. The maximum atomic E-state index is 12.8. The van der Waals surface area contributed by atoms with E-state index in [2.05, 4.69) is 5.18 Å². The molecular weight excluding hydrogens is 293 g/mol. The molecule has 0 amide bonds. The highest BCUT2D eigenvalue weighted by Crippen LogP contribution is 2.34. The largest absolute Gasteiger partial charge is 0.416 e. The zero-order chi connectivity index (χ0) is 15.7. The number of fused-ring (bicyclic) bond motifs is 1. The molecular formula is C16H13F3N2O. The lowest BCUT2D eigenvalue weighted by Gasteiger charge is -2.31. The van der Waals surface area contributed by atoms with Crippen LogP contribution in [0.15, 0.2) is 47.6 Å². The average molecular weight is 306 g/mol. The molecule has 2 aromatic carbocycles. The minimum absolute atomic E-state index is 0.356. The van der Waals surface area contributed by atoms with E-state index in [1.165, 1.54) is 6.07 Å². The number of benzene rings is 2. The van der Waals surface area contributed by atoms with Crippen LogP contribution in [0.1, 0.15) is 16.7 Å². The third-order valence-electron chi connectivity index (χ3n) is 3.89. The van der Waals surface area contributed by atoms with Crippen molar-refractivity contribution in [2.24, 2.45) is 5.18 Å². The lowest BCUT2D eigenvalue weighted by atomic mass is 9.97. The van der Waals surface area contributed by atoms with E-state index in [1.807, 2.05) is 11.0 Å². The molecule has 3 rings (SSSR count). The fraction of sp³-hybridized carbons (Fsp3) is 0.250. The Morgan fingerprint density at radius 3 is 2.59 bits per heavy atom. The zero-order valence-corrected chi connectivity index (χ0v) is 11.6. The number of alkyl halides is 3. The quantitative estimate of drug-likeness (QED) is 0.756. The SMILES string of the molecule is O=Nc1cccc2c1CN(c1cccc(C(F)(F)F)c1)CC2. The van der Waals surface area contributed by atoms with Crippen molar-refractivity contribution in [3.63, 3.8) is 0 Å². The Labute approximate surface area is 125 Å². The summed E-state index contributed by atoms with van der Waals surface area (Å²) in [4.78, 5) is 12.7. The van der Waals surface area contributed by atoms with Crippen LogP contribution in [0.4, 0.5) is 24.5 Å². The molecule has 0 atom stereocenters. The van der Waals surface area contributed by atoms with Gasteiger partial charge >= 0.3 is 6.18 Å². The van der Waals surface area contributed by atoms with E-state index in [9.17, 15) is 18.1 Å². The minimum atomic E-state index is -4.36. The van der Waals surface area contributed by atoms with Crippen molar-refractivity contribution in [2.45, 2.75) is 19.1 Å². The molecule has 1 heterocycles. The summed E-state index contributed by atoms with van der Waals surface area (Å²) in [6.07, 6.45) is -3.69. The van der Waals surface area contributed by atoms with Crippen LogP contribution in [-0.4, -0.2) is 6.54 Å². The van der Waals surface area contributed by atoms with Gasteiger partial charge in [0.05, 0.1) is 5.56 Å². The Kier molecular flexibility index (Phi) is 3.60. The maximum absolute atomic E-state index is 12.8. The first kappa shape index (κ1) is 14.6. The van der Waals surface area contributed by atoms with E-state index >= 15 is 0 Å². The summed E-state index contributed by atoms with van der Waals surface area (Å²) >= 11 is 0. The van der Waals surface area contributed by atoms with Gasteiger partial charge in [0.25, 0.3) is 0 Å². The number of anilines is 1. The highest BCUT2D eigenvalue weighted by molar-refractivity contribution is 5.57. The lowest BCUT2D eigenvalue weighted by Crippen LogP contribution is -2.30. The second-order valence-corrected chi connectivity index (χ2v) is 5.23. The molecule has 2 aromatic rings. The van der Waals surface area contributed by atoms with Gasteiger partial charge in [0, 0.05) is 24.3 Å². The van der Waals surface area contributed by atoms with Gasteiger partial charge in [-0.2, -0.15) is 13.2 Å². The van der Waals surface area contributed by atoms with Gasteiger partial charge in [-0.3, -0.25) is 0 Å². The Bertz CT molecular complexity index is 713. The molecule has 0 aromatic heterocycles. The number of nitrogens with zero attached hydrogens (tertiary/aromatic N) is 2. The van der Waals surface area contributed by atoms with Crippen LogP contribution in [0.25, 0.3) is 0 Å². The second kappa shape index (κ2) is 5.44. The number of rotatable bonds is 2. The Balaban J connectivity index is 1.93. The molecule has 0 aliphatic carbocycles. The molecule has 0 saturated carbocycles. The van der Waals surface area contributed by atoms with E-state index in [1.54, 1.807) is 18.2 Å². The summed E-state index contributed by atoms with van der Waals surface area (Å²) in [6, 6.07) is 10.6. The van der Waals surface area contributed by atoms with Gasteiger partial charge in [-0.05, 0) is 41.4 Å². The molecule has 6 heteroatoms. The second-order valence-electron chi connectivity index (χ2n) is 5.23. The zero-order valence-electron chi connectivity index (χ0n) is 11.6. The van der Waals surface area contributed by atoms with Crippen LogP contribution >= 0.6 is 0 Å². The van der Waals surface area contributed by atoms with Gasteiger partial charge in [0.15, 0.2) is 0 Å². The third kappa shape index (κ3) is 2.68. The molecule has 0 unspecified atom stereocenters. The van der Waals surface area contributed by atoms with Gasteiger partial charge in [-0.1, -0.05) is 18.2 Å². The summed E-state index contributed by atoms with van der Waals surface area (Å²) < 4.78 is 38.5. The van der Waals surface area contributed by atoms with Crippen LogP contribution in [0.2, 0.25) is 0 Å². The first-order valence-corrected chi connectivity index (χ1v) is 6.85. The summed E-state index contributed by atoms with van der Waals surface area (Å²) in [6.45, 7) is 0.995. The van der Waals surface area contributed by atoms with Gasteiger partial charge in [0.1, 0.15) is 5.69 Å². The summed E-state index contributed by atoms with van der Waals surface area (Å²) in [5.74, 6) is 0. The Hall–Kier alpha value is -2.37. The fourth-order valence-electron chi connectivity index (χ4n) is 2.75. The van der Waals surface area contributed by atoms with Crippen molar-refractivity contribution in [3.05, 3.63) is 64.1 Å². The molecule has 3 nitrogen and oxygen atoms in total. The van der Waals surface area contributed by atoms with Crippen LogP contribution in [0, 0.1) is 4.91 Å². The average Bonchev–Trinajstić information content (AvgIpc) is 2.53. The standard InChI is InChI=1S/C16H13F3N2O/c17-16(18,19)12-4-2-5-13(9-12)21-8-7-11-3-1-6-15(20-22)14(11)10-21/h1-6,9H,7-8,10H2. The summed E-state index contributed by atoms with van der Waals surface area (Å²) in [5, 5.41) is 3.01. The van der Waals surface area contributed by atoms with Gasteiger partial charge in [-0.25, -0.2) is 0 Å². The van der Waals surface area contributed by atoms with Gasteiger partial charge in [-0.15, -0.1) is 4.91 Å². The molecule has 0 bridgehead atoms. The first-order valence-electron chi connectivity index (χ1n) is 6.85. The van der Waals surface area contributed by atoms with E-state index in [4.69, 9.17) is 0 Å². The summed E-state index contributed by atoms with van der Waals surface area (Å²) in [7, 11) is 0. The Morgan fingerprint density at radius 1 is 1.09 bits per heavy atom. The highest BCUT2D eigenvalue weighted by Gasteiger charge is 2.31. The van der Waals surface area contributed by atoms with Crippen LogP contribution in [-0.2, 0) is 19.1 Å². The van der Waals surface area contributed by atoms with E-state index in [0.29, 0.717) is 30.9 Å². The van der Waals surface area contributed by atoms with E-state index in [0.717, 1.165) is 23.3 Å². The molecule has 0 saturated heterocycles. The predicted molar refractivity (Wildman–Crippen MR) is 78.1 cm³/mol. The van der Waals surface area contributed by atoms with Crippen molar-refractivity contribution in [1.82, 2.24) is 0 Å². The third-order valence-corrected chi connectivity index (χ3v) is 3.89. The Morgan fingerprint density at radius 2 is 1.86 bits per heavy atom. The summed E-state index contributed by atoms with van der Waals surface area (Å²) in [5.41, 5.74) is 2.01. The van der Waals surface area contributed by atoms with Crippen LogP contribution in [0.3, 0.4) is 0 Å². The van der Waals surface area contributed by atoms with Gasteiger partial charge in [0.2, 0.25) is 0 Å². The number of halogens is 3. The predicted octanol–water partition coefficient (Wildman–Crippen LogP) is 4.67. The van der Waals surface area contributed by atoms with Crippen molar-refractivity contribution in [3.8, 4) is 0 Å². The molecule has 0 radical (unpaired) electrons. The van der Waals surface area contributed by atoms with Crippen molar-refractivity contribution >= 4 is 11.4 Å². The molecule has 22 heavy (non-hydrogen) atoms. The van der Waals surface area contributed by atoms with Crippen molar-refractivity contribution < 1.29 is 13.2 Å². The topological polar surface area (TPSA) is 32.7 Å². The molecule has 0 spiro atoms. The molecule has 1 aliphatic heterocycles. The number of nitroso groups, excluding NO2 is 1. The molecule has 0 fully saturated rings. The monoisotopic (exact) mass is 306 g/mol. The normalized spacial score (nSPS) is 14.6. The van der Waals surface area contributed by atoms with E-state index < -0.39 is 11.7 Å². The van der Waals surface area contributed by atoms with Crippen molar-refractivity contribution in [2.75, 3.05) is 11.4 Å². The maximum Gasteiger partial charge on any atom is 0.416 e.